The fourth-order valence-corrected chi connectivity index (χ4v) is 2.49. The summed E-state index contributed by atoms with van der Waals surface area (Å²) in [5, 5.41) is 0. The predicted molar refractivity (Wildman–Crippen MR) is 63.7 cm³/mol. The van der Waals surface area contributed by atoms with Crippen molar-refractivity contribution in [2.45, 2.75) is 27.7 Å². The van der Waals surface area contributed by atoms with Crippen molar-refractivity contribution < 1.29 is 9.59 Å². The zero-order valence-corrected chi connectivity index (χ0v) is 11.0. The van der Waals surface area contributed by atoms with E-state index >= 15 is 0 Å². The summed E-state index contributed by atoms with van der Waals surface area (Å²) < 4.78 is 0.755. The minimum atomic E-state index is -0.358. The molecule has 0 saturated heterocycles. The molecule has 1 rings (SSSR count). The van der Waals surface area contributed by atoms with Gasteiger partial charge < -0.3 is 0 Å². The van der Waals surface area contributed by atoms with Gasteiger partial charge in [-0.15, -0.1) is 0 Å². The summed E-state index contributed by atoms with van der Waals surface area (Å²) in [4.78, 5) is 23.6. The van der Waals surface area contributed by atoms with E-state index < -0.39 is 0 Å². The molecule has 0 atom stereocenters. The average Bonchev–Trinajstić information content (AvgIpc) is 2.10. The fraction of sp³-hybridized carbons (Fsp3) is 0.500. The number of carbonyl (C=O) groups is 2. The molecule has 15 heavy (non-hydrogen) atoms. The minimum absolute atomic E-state index is 0.0702. The monoisotopic (exact) mass is 270 g/mol. The van der Waals surface area contributed by atoms with E-state index in [1.54, 1.807) is 6.08 Å². The molecule has 0 fully saturated rings. The van der Waals surface area contributed by atoms with Crippen LogP contribution in [0, 0.1) is 11.8 Å². The second-order valence-electron chi connectivity index (χ2n) is 4.33. The molecule has 2 nitrogen and oxygen atoms in total. The number of hydrogen-bond acceptors (Lipinski definition) is 2. The summed E-state index contributed by atoms with van der Waals surface area (Å²) in [6.07, 6.45) is 1.78. The van der Waals surface area contributed by atoms with E-state index in [9.17, 15) is 9.59 Å². The molecule has 0 N–H and O–H groups in total. The molecule has 0 radical (unpaired) electrons. The van der Waals surface area contributed by atoms with Gasteiger partial charge in [-0.2, -0.15) is 0 Å². The molecule has 0 unspecified atom stereocenters. The molecule has 0 aliphatic heterocycles. The van der Waals surface area contributed by atoms with Gasteiger partial charge in [-0.05, 0) is 17.9 Å². The molecule has 0 saturated carbocycles. The zero-order chi connectivity index (χ0) is 11.7. The van der Waals surface area contributed by atoms with Gasteiger partial charge in [0.15, 0.2) is 0 Å². The van der Waals surface area contributed by atoms with Crippen LogP contribution in [-0.2, 0) is 9.59 Å². The first kappa shape index (κ1) is 12.4. The van der Waals surface area contributed by atoms with Crippen molar-refractivity contribution in [1.82, 2.24) is 0 Å². The lowest BCUT2D eigenvalue weighted by Crippen LogP contribution is -2.27. The lowest BCUT2D eigenvalue weighted by atomic mass is 9.85. The van der Waals surface area contributed by atoms with Gasteiger partial charge in [-0.25, -0.2) is 0 Å². The van der Waals surface area contributed by atoms with Gasteiger partial charge in [-0.1, -0.05) is 43.6 Å². The number of allylic oxidation sites excluding steroid dienone is 4. The van der Waals surface area contributed by atoms with Crippen molar-refractivity contribution in [3.8, 4) is 0 Å². The molecule has 82 valence electrons. The zero-order valence-electron chi connectivity index (χ0n) is 9.43. The third-order valence-corrected chi connectivity index (χ3v) is 3.11. The van der Waals surface area contributed by atoms with Crippen LogP contribution in [0.4, 0.5) is 0 Å². The summed E-state index contributed by atoms with van der Waals surface area (Å²) in [6.45, 7) is 7.65. The van der Waals surface area contributed by atoms with Gasteiger partial charge in [0.1, 0.15) is 0 Å². The molecule has 0 aromatic heterocycles. The summed E-state index contributed by atoms with van der Waals surface area (Å²) in [5.41, 5.74) is 1.18. The maximum absolute atomic E-state index is 11.8. The van der Waals surface area contributed by atoms with Crippen LogP contribution in [0.5, 0.6) is 0 Å². The predicted octanol–water partition coefficient (Wildman–Crippen LogP) is 3.03. The van der Waals surface area contributed by atoms with E-state index in [-0.39, 0.29) is 23.4 Å². The van der Waals surface area contributed by atoms with Crippen molar-refractivity contribution in [2.75, 3.05) is 0 Å². The normalized spacial score (nSPS) is 17.9. The van der Waals surface area contributed by atoms with E-state index in [1.807, 2.05) is 27.7 Å². The van der Waals surface area contributed by atoms with E-state index in [1.165, 1.54) is 0 Å². The second kappa shape index (κ2) is 4.44. The lowest BCUT2D eigenvalue weighted by molar-refractivity contribution is -0.132. The Kier molecular flexibility index (Phi) is 3.66. The highest BCUT2D eigenvalue weighted by atomic mass is 79.9. The van der Waals surface area contributed by atoms with Crippen molar-refractivity contribution in [2.24, 2.45) is 11.8 Å². The number of Topliss-reactive ketones (excluding diaryl/α,β-unsaturated/α-hetero) is 2. The van der Waals surface area contributed by atoms with Crippen LogP contribution >= 0.6 is 15.9 Å². The first-order chi connectivity index (χ1) is 6.86. The van der Waals surface area contributed by atoms with Crippen LogP contribution in [0.2, 0.25) is 0 Å². The van der Waals surface area contributed by atoms with Crippen molar-refractivity contribution in [3.63, 3.8) is 0 Å². The molecule has 0 amide bonds. The Morgan fingerprint density at radius 1 is 1.00 bits per heavy atom. The fourth-order valence-electron chi connectivity index (χ4n) is 1.61. The first-order valence-electron chi connectivity index (χ1n) is 5.06. The van der Waals surface area contributed by atoms with Gasteiger partial charge >= 0.3 is 0 Å². The molecule has 0 bridgehead atoms. The number of rotatable bonds is 2. The first-order valence-corrected chi connectivity index (χ1v) is 5.85. The standard InChI is InChI=1S/C12H15BrO2/c1-6(2)8-5-9(13)10(7(3)4)12(15)11(8)14/h5-7H,1-4H3. The van der Waals surface area contributed by atoms with Crippen molar-refractivity contribution in [3.05, 3.63) is 21.7 Å². The third kappa shape index (κ3) is 2.28. The van der Waals surface area contributed by atoms with Gasteiger partial charge in [0, 0.05) is 15.6 Å². The molecule has 1 aliphatic rings. The van der Waals surface area contributed by atoms with Gasteiger partial charge in [-0.3, -0.25) is 9.59 Å². The number of hydrogen-bond donors (Lipinski definition) is 0. The highest BCUT2D eigenvalue weighted by molar-refractivity contribution is 9.12. The summed E-state index contributed by atoms with van der Waals surface area (Å²) >= 11 is 3.36. The van der Waals surface area contributed by atoms with E-state index in [4.69, 9.17) is 0 Å². The van der Waals surface area contributed by atoms with Gasteiger partial charge in [0.2, 0.25) is 11.6 Å². The smallest absolute Gasteiger partial charge is 0.230 e. The number of carbonyl (C=O) groups excluding carboxylic acids is 2. The number of ketones is 2. The average molecular weight is 271 g/mol. The van der Waals surface area contributed by atoms with Crippen molar-refractivity contribution in [1.29, 1.82) is 0 Å². The molecule has 0 aromatic rings. The summed E-state index contributed by atoms with van der Waals surface area (Å²) in [5.74, 6) is -0.552. The van der Waals surface area contributed by atoms with E-state index in [2.05, 4.69) is 15.9 Å². The topological polar surface area (TPSA) is 34.1 Å². The molecule has 0 spiro atoms. The van der Waals surface area contributed by atoms with Crippen molar-refractivity contribution >= 4 is 27.5 Å². The maximum Gasteiger partial charge on any atom is 0.230 e. The Balaban J connectivity index is 3.27. The Morgan fingerprint density at radius 2 is 1.53 bits per heavy atom. The van der Waals surface area contributed by atoms with Crippen LogP contribution in [-0.4, -0.2) is 11.6 Å². The van der Waals surface area contributed by atoms with Crippen LogP contribution in [0.3, 0.4) is 0 Å². The quantitative estimate of drug-likeness (QED) is 0.571. The Bertz CT molecular complexity index is 373. The number of halogens is 1. The molecule has 3 heteroatoms. The molecule has 1 aliphatic carbocycles. The Hall–Kier alpha value is -0.700. The molecule has 0 aromatic carbocycles. The van der Waals surface area contributed by atoms with Crippen LogP contribution < -0.4 is 0 Å². The Labute approximate surface area is 98.6 Å². The minimum Gasteiger partial charge on any atom is -0.285 e. The third-order valence-electron chi connectivity index (χ3n) is 2.45. The van der Waals surface area contributed by atoms with Gasteiger partial charge in [0.05, 0.1) is 0 Å². The highest BCUT2D eigenvalue weighted by Gasteiger charge is 2.31. The van der Waals surface area contributed by atoms with Crippen LogP contribution in [0.1, 0.15) is 27.7 Å². The van der Waals surface area contributed by atoms with Crippen LogP contribution in [0.15, 0.2) is 21.7 Å². The summed E-state index contributed by atoms with van der Waals surface area (Å²) in [6, 6.07) is 0. The lowest BCUT2D eigenvalue weighted by Gasteiger charge is -2.19. The Morgan fingerprint density at radius 3 is 1.93 bits per heavy atom. The largest absolute Gasteiger partial charge is 0.285 e. The SMILES string of the molecule is CC(C)C1=CC(Br)=C(C(C)C)C(=O)C1=O. The highest BCUT2D eigenvalue weighted by Crippen LogP contribution is 2.30. The van der Waals surface area contributed by atoms with Gasteiger partial charge in [0.25, 0.3) is 0 Å². The van der Waals surface area contributed by atoms with E-state index in [0.717, 1.165) is 4.48 Å². The second-order valence-corrected chi connectivity index (χ2v) is 5.18. The van der Waals surface area contributed by atoms with Crippen LogP contribution in [0.25, 0.3) is 0 Å². The molecule has 0 heterocycles. The maximum atomic E-state index is 11.8. The molecular weight excluding hydrogens is 256 g/mol. The van der Waals surface area contributed by atoms with E-state index in [0.29, 0.717) is 11.1 Å². The molecular formula is C12H15BrO2. The summed E-state index contributed by atoms with van der Waals surface area (Å²) in [7, 11) is 0.